The Labute approximate surface area is 95.6 Å². The molecule has 0 unspecified atom stereocenters. The van der Waals surface area contributed by atoms with Gasteiger partial charge in [-0.3, -0.25) is 0 Å². The monoisotopic (exact) mass is 219 g/mol. The molecule has 0 N–H and O–H groups in total. The number of allylic oxidation sites excluding steroid dienone is 1. The summed E-state index contributed by atoms with van der Waals surface area (Å²) in [6.45, 7) is 0. The van der Waals surface area contributed by atoms with Gasteiger partial charge in [0.15, 0.2) is 0 Å². The van der Waals surface area contributed by atoms with E-state index in [1.54, 1.807) is 13.2 Å². The van der Waals surface area contributed by atoms with Crippen molar-refractivity contribution in [2.75, 3.05) is 12.9 Å². The second kappa shape index (κ2) is 6.15. The molecule has 0 aliphatic heterocycles. The molecule has 1 aromatic rings. The second-order valence-electron chi connectivity index (χ2n) is 2.99. The van der Waals surface area contributed by atoms with Crippen LogP contribution in [-0.2, 0) is 0 Å². The van der Waals surface area contributed by atoms with Crippen molar-refractivity contribution in [3.8, 4) is 11.8 Å². The molecule has 0 aromatic heterocycles. The number of methoxy groups -OCH3 is 1. The van der Waals surface area contributed by atoms with Crippen LogP contribution >= 0.6 is 12.6 Å². The summed E-state index contributed by atoms with van der Waals surface area (Å²) >= 11 is 4.12. The molecular weight excluding hydrogens is 206 g/mol. The van der Waals surface area contributed by atoms with E-state index < -0.39 is 0 Å². The van der Waals surface area contributed by atoms with Gasteiger partial charge in [0.2, 0.25) is 0 Å². The topological polar surface area (TPSA) is 33.0 Å². The summed E-state index contributed by atoms with van der Waals surface area (Å²) in [5, 5.41) is 8.80. The zero-order valence-corrected chi connectivity index (χ0v) is 9.50. The molecule has 0 fully saturated rings. The Hall–Kier alpha value is -1.40. The Morgan fingerprint density at radius 2 is 2.33 bits per heavy atom. The van der Waals surface area contributed by atoms with Gasteiger partial charge >= 0.3 is 0 Å². The molecule has 15 heavy (non-hydrogen) atoms. The normalized spacial score (nSPS) is 10.2. The summed E-state index contributed by atoms with van der Waals surface area (Å²) in [4.78, 5) is 0. The van der Waals surface area contributed by atoms with E-state index in [-0.39, 0.29) is 0 Å². The number of thiol groups is 1. The predicted molar refractivity (Wildman–Crippen MR) is 65.2 cm³/mol. The van der Waals surface area contributed by atoms with Crippen molar-refractivity contribution in [1.29, 1.82) is 5.26 Å². The lowest BCUT2D eigenvalue weighted by atomic mass is 10.1. The van der Waals surface area contributed by atoms with Crippen molar-refractivity contribution < 1.29 is 4.74 Å². The number of rotatable bonds is 4. The first-order valence-corrected chi connectivity index (χ1v) is 5.30. The minimum Gasteiger partial charge on any atom is -0.495 e. The van der Waals surface area contributed by atoms with Crippen LogP contribution in [0, 0.1) is 11.3 Å². The molecule has 0 amide bonds. The van der Waals surface area contributed by atoms with Crippen LogP contribution < -0.4 is 4.74 Å². The first kappa shape index (κ1) is 11.7. The molecule has 0 saturated heterocycles. The van der Waals surface area contributed by atoms with E-state index in [0.717, 1.165) is 17.7 Å². The molecule has 0 aliphatic rings. The van der Waals surface area contributed by atoms with Gasteiger partial charge in [-0.15, -0.1) is 0 Å². The standard InChI is InChI=1S/C12H13NOS/c1-14-12-8-10(4-2-3-7-15)5-6-11(12)9-13/h2,4-6,8,15H,3,7H2,1H3. The minimum absolute atomic E-state index is 0.559. The van der Waals surface area contributed by atoms with E-state index in [1.807, 2.05) is 24.3 Å². The van der Waals surface area contributed by atoms with Gasteiger partial charge in [0.25, 0.3) is 0 Å². The fourth-order valence-corrected chi connectivity index (χ4v) is 1.35. The summed E-state index contributed by atoms with van der Waals surface area (Å²) < 4.78 is 5.11. The number of hydrogen-bond donors (Lipinski definition) is 1. The molecule has 0 bridgehead atoms. The van der Waals surface area contributed by atoms with Crippen LogP contribution in [0.15, 0.2) is 24.3 Å². The lowest BCUT2D eigenvalue weighted by Gasteiger charge is -2.03. The molecule has 0 spiro atoms. The number of nitriles is 1. The fraction of sp³-hybridized carbons (Fsp3) is 0.250. The Morgan fingerprint density at radius 1 is 1.53 bits per heavy atom. The average molecular weight is 219 g/mol. The Balaban J connectivity index is 2.89. The average Bonchev–Trinajstić information content (AvgIpc) is 2.29. The molecule has 2 nitrogen and oxygen atoms in total. The van der Waals surface area contributed by atoms with Crippen LogP contribution in [0.25, 0.3) is 6.08 Å². The van der Waals surface area contributed by atoms with Gasteiger partial charge in [0.05, 0.1) is 12.7 Å². The summed E-state index contributed by atoms with van der Waals surface area (Å²) in [5.74, 6) is 1.45. The van der Waals surface area contributed by atoms with E-state index in [1.165, 1.54) is 0 Å². The third kappa shape index (κ3) is 3.34. The number of ether oxygens (including phenoxy) is 1. The van der Waals surface area contributed by atoms with E-state index in [4.69, 9.17) is 10.00 Å². The van der Waals surface area contributed by atoms with Crippen molar-refractivity contribution in [1.82, 2.24) is 0 Å². The Kier molecular flexibility index (Phi) is 4.79. The summed E-state index contributed by atoms with van der Waals surface area (Å²) in [6.07, 6.45) is 4.99. The molecule has 3 heteroatoms. The molecule has 0 atom stereocenters. The number of nitrogens with zero attached hydrogens (tertiary/aromatic N) is 1. The number of benzene rings is 1. The maximum Gasteiger partial charge on any atom is 0.137 e. The largest absolute Gasteiger partial charge is 0.495 e. The van der Waals surface area contributed by atoms with Gasteiger partial charge in [-0.2, -0.15) is 17.9 Å². The molecule has 1 rings (SSSR count). The molecule has 0 heterocycles. The van der Waals surface area contributed by atoms with Gasteiger partial charge in [-0.05, 0) is 29.9 Å². The van der Waals surface area contributed by atoms with Crippen LogP contribution in [-0.4, -0.2) is 12.9 Å². The quantitative estimate of drug-likeness (QED) is 0.790. The highest BCUT2D eigenvalue weighted by molar-refractivity contribution is 7.80. The van der Waals surface area contributed by atoms with Crippen LogP contribution in [0.5, 0.6) is 5.75 Å². The zero-order valence-electron chi connectivity index (χ0n) is 8.60. The first-order chi connectivity index (χ1) is 7.31. The Morgan fingerprint density at radius 3 is 2.93 bits per heavy atom. The van der Waals surface area contributed by atoms with Crippen LogP contribution in [0.3, 0.4) is 0 Å². The van der Waals surface area contributed by atoms with Crippen LogP contribution in [0.2, 0.25) is 0 Å². The highest BCUT2D eigenvalue weighted by Gasteiger charge is 2.01. The third-order valence-corrected chi connectivity index (χ3v) is 2.21. The lowest BCUT2D eigenvalue weighted by molar-refractivity contribution is 0.413. The van der Waals surface area contributed by atoms with Gasteiger partial charge in [0.1, 0.15) is 11.8 Å². The van der Waals surface area contributed by atoms with Gasteiger partial charge in [-0.25, -0.2) is 0 Å². The maximum atomic E-state index is 8.80. The molecule has 1 aromatic carbocycles. The van der Waals surface area contributed by atoms with Crippen LogP contribution in [0.4, 0.5) is 0 Å². The molecule has 0 saturated carbocycles. The maximum absolute atomic E-state index is 8.80. The smallest absolute Gasteiger partial charge is 0.137 e. The SMILES string of the molecule is COc1cc(C=CCCS)ccc1C#N. The van der Waals surface area contributed by atoms with E-state index in [2.05, 4.69) is 18.7 Å². The molecule has 78 valence electrons. The second-order valence-corrected chi connectivity index (χ2v) is 3.43. The summed E-state index contributed by atoms with van der Waals surface area (Å²) in [6, 6.07) is 7.60. The molecule has 0 aliphatic carbocycles. The van der Waals surface area contributed by atoms with Gasteiger partial charge < -0.3 is 4.74 Å². The van der Waals surface area contributed by atoms with Crippen LogP contribution in [0.1, 0.15) is 17.5 Å². The van der Waals surface area contributed by atoms with Crippen molar-refractivity contribution in [3.05, 3.63) is 35.4 Å². The van der Waals surface area contributed by atoms with Crippen molar-refractivity contribution >= 4 is 18.7 Å². The Bertz CT molecular complexity index is 393. The molecular formula is C12H13NOS. The summed E-state index contributed by atoms with van der Waals surface area (Å²) in [5.41, 5.74) is 1.59. The third-order valence-electron chi connectivity index (χ3n) is 1.95. The van der Waals surface area contributed by atoms with Gasteiger partial charge in [0, 0.05) is 0 Å². The highest BCUT2D eigenvalue weighted by atomic mass is 32.1. The number of hydrogen-bond acceptors (Lipinski definition) is 3. The fourth-order valence-electron chi connectivity index (χ4n) is 1.20. The van der Waals surface area contributed by atoms with E-state index >= 15 is 0 Å². The lowest BCUT2D eigenvalue weighted by Crippen LogP contribution is -1.88. The van der Waals surface area contributed by atoms with E-state index in [9.17, 15) is 0 Å². The highest BCUT2D eigenvalue weighted by Crippen LogP contribution is 2.20. The summed E-state index contributed by atoms with van der Waals surface area (Å²) in [7, 11) is 1.57. The zero-order chi connectivity index (χ0) is 11.1. The molecule has 0 radical (unpaired) electrons. The van der Waals surface area contributed by atoms with Crippen molar-refractivity contribution in [2.45, 2.75) is 6.42 Å². The van der Waals surface area contributed by atoms with Crippen molar-refractivity contribution in [2.24, 2.45) is 0 Å². The van der Waals surface area contributed by atoms with E-state index in [0.29, 0.717) is 11.3 Å². The van der Waals surface area contributed by atoms with Crippen molar-refractivity contribution in [3.63, 3.8) is 0 Å². The predicted octanol–water partition coefficient (Wildman–Crippen LogP) is 2.90. The van der Waals surface area contributed by atoms with Gasteiger partial charge in [-0.1, -0.05) is 18.2 Å². The minimum atomic E-state index is 0.559. The first-order valence-electron chi connectivity index (χ1n) is 4.67.